The fourth-order valence-corrected chi connectivity index (χ4v) is 3.63. The quantitative estimate of drug-likeness (QED) is 0.455. The predicted molar refractivity (Wildman–Crippen MR) is 93.1 cm³/mol. The Morgan fingerprint density at radius 1 is 1.28 bits per heavy atom. The van der Waals surface area contributed by atoms with Crippen LogP contribution < -0.4 is 5.32 Å². The SMILES string of the molecule is CCOC(=O)C1(NC(=O)CSc2ccc(C(C)=O)cc2F)CCCC1. The highest BCUT2D eigenvalue weighted by Crippen LogP contribution is 2.31. The molecule has 1 N–H and O–H groups in total. The number of hydrogen-bond acceptors (Lipinski definition) is 5. The molecule has 1 aromatic rings. The van der Waals surface area contributed by atoms with Crippen molar-refractivity contribution >= 4 is 29.4 Å². The smallest absolute Gasteiger partial charge is 0.331 e. The number of carbonyl (C=O) groups is 3. The van der Waals surface area contributed by atoms with Crippen LogP contribution in [0.25, 0.3) is 0 Å². The average molecular weight is 367 g/mol. The highest BCUT2D eigenvalue weighted by Gasteiger charge is 2.43. The number of benzene rings is 1. The third-order valence-corrected chi connectivity index (χ3v) is 5.25. The molecule has 1 fully saturated rings. The summed E-state index contributed by atoms with van der Waals surface area (Å²) in [4.78, 5) is 36.0. The Balaban J connectivity index is 1.98. The van der Waals surface area contributed by atoms with Crippen molar-refractivity contribution in [1.29, 1.82) is 0 Å². The number of carbonyl (C=O) groups excluding carboxylic acids is 3. The van der Waals surface area contributed by atoms with Gasteiger partial charge in [0.2, 0.25) is 5.91 Å². The molecule has 0 aromatic heterocycles. The van der Waals surface area contributed by atoms with Gasteiger partial charge in [-0.15, -0.1) is 11.8 Å². The molecule has 1 aromatic carbocycles. The molecule has 136 valence electrons. The molecule has 0 atom stereocenters. The summed E-state index contributed by atoms with van der Waals surface area (Å²) in [6.45, 7) is 3.36. The molecule has 25 heavy (non-hydrogen) atoms. The number of amides is 1. The number of nitrogens with one attached hydrogen (secondary N) is 1. The minimum absolute atomic E-state index is 0.0164. The lowest BCUT2D eigenvalue weighted by Gasteiger charge is -2.27. The van der Waals surface area contributed by atoms with Crippen LogP contribution in [0.5, 0.6) is 0 Å². The Labute approximate surface area is 150 Å². The van der Waals surface area contributed by atoms with E-state index in [9.17, 15) is 18.8 Å². The first kappa shape index (κ1) is 19.4. The average Bonchev–Trinajstić information content (AvgIpc) is 3.03. The van der Waals surface area contributed by atoms with E-state index in [0.717, 1.165) is 24.6 Å². The molecule has 1 saturated carbocycles. The van der Waals surface area contributed by atoms with E-state index in [0.29, 0.717) is 18.4 Å². The van der Waals surface area contributed by atoms with Gasteiger partial charge >= 0.3 is 5.97 Å². The van der Waals surface area contributed by atoms with Crippen molar-refractivity contribution < 1.29 is 23.5 Å². The van der Waals surface area contributed by atoms with Gasteiger partial charge in [-0.25, -0.2) is 9.18 Å². The van der Waals surface area contributed by atoms with Crippen molar-refractivity contribution in [2.45, 2.75) is 50.0 Å². The van der Waals surface area contributed by atoms with Crippen LogP contribution in [0.1, 0.15) is 49.9 Å². The topological polar surface area (TPSA) is 72.5 Å². The molecule has 7 heteroatoms. The molecule has 1 aliphatic carbocycles. The number of halogens is 1. The van der Waals surface area contributed by atoms with Crippen LogP contribution in [-0.4, -0.2) is 35.6 Å². The molecule has 0 radical (unpaired) electrons. The van der Waals surface area contributed by atoms with E-state index in [-0.39, 0.29) is 28.9 Å². The van der Waals surface area contributed by atoms with Crippen molar-refractivity contribution in [3.8, 4) is 0 Å². The largest absolute Gasteiger partial charge is 0.464 e. The van der Waals surface area contributed by atoms with E-state index < -0.39 is 17.3 Å². The van der Waals surface area contributed by atoms with Gasteiger partial charge in [-0.2, -0.15) is 0 Å². The lowest BCUT2D eigenvalue weighted by molar-refractivity contribution is -0.152. The summed E-state index contributed by atoms with van der Waals surface area (Å²) < 4.78 is 19.1. The number of Topliss-reactive ketones (excluding diaryl/α,β-unsaturated/α-hetero) is 1. The Kier molecular flexibility index (Phi) is 6.58. The first-order valence-corrected chi connectivity index (χ1v) is 9.28. The minimum atomic E-state index is -0.954. The van der Waals surface area contributed by atoms with Crippen molar-refractivity contribution in [2.75, 3.05) is 12.4 Å². The van der Waals surface area contributed by atoms with Crippen molar-refractivity contribution in [3.05, 3.63) is 29.6 Å². The third-order valence-electron chi connectivity index (χ3n) is 4.20. The molecule has 0 saturated heterocycles. The maximum atomic E-state index is 14.0. The van der Waals surface area contributed by atoms with Crippen LogP contribution in [0.15, 0.2) is 23.1 Å². The van der Waals surface area contributed by atoms with Crippen LogP contribution >= 0.6 is 11.8 Å². The normalized spacial score (nSPS) is 15.6. The molecule has 2 rings (SSSR count). The van der Waals surface area contributed by atoms with Crippen molar-refractivity contribution in [1.82, 2.24) is 5.32 Å². The van der Waals surface area contributed by atoms with E-state index >= 15 is 0 Å². The Bertz CT molecular complexity index is 671. The van der Waals surface area contributed by atoms with Crippen LogP contribution in [0.3, 0.4) is 0 Å². The van der Waals surface area contributed by atoms with Gasteiger partial charge in [0, 0.05) is 10.5 Å². The fraction of sp³-hybridized carbons (Fsp3) is 0.500. The number of rotatable bonds is 7. The van der Waals surface area contributed by atoms with Crippen LogP contribution in [-0.2, 0) is 14.3 Å². The zero-order valence-corrected chi connectivity index (χ0v) is 15.2. The fourth-order valence-electron chi connectivity index (χ4n) is 2.91. The Hall–Kier alpha value is -1.89. The van der Waals surface area contributed by atoms with Crippen LogP contribution in [0, 0.1) is 5.82 Å². The minimum Gasteiger partial charge on any atom is -0.464 e. The maximum absolute atomic E-state index is 14.0. The third kappa shape index (κ3) is 4.81. The number of hydrogen-bond donors (Lipinski definition) is 1. The van der Waals surface area contributed by atoms with E-state index in [1.807, 2.05) is 0 Å². The summed E-state index contributed by atoms with van der Waals surface area (Å²) >= 11 is 1.03. The monoisotopic (exact) mass is 367 g/mol. The molecule has 0 spiro atoms. The zero-order valence-electron chi connectivity index (χ0n) is 14.4. The van der Waals surface area contributed by atoms with E-state index in [1.165, 1.54) is 25.1 Å². The predicted octanol–water partition coefficient (Wildman–Crippen LogP) is 3.11. The van der Waals surface area contributed by atoms with Gasteiger partial charge in [0.05, 0.1) is 12.4 Å². The molecule has 5 nitrogen and oxygen atoms in total. The van der Waals surface area contributed by atoms with Crippen LogP contribution in [0.2, 0.25) is 0 Å². The second-order valence-electron chi connectivity index (χ2n) is 6.05. The second-order valence-corrected chi connectivity index (χ2v) is 7.07. The molecule has 0 aliphatic heterocycles. The number of ether oxygens (including phenoxy) is 1. The molecule has 0 unspecified atom stereocenters. The van der Waals surface area contributed by atoms with E-state index in [1.54, 1.807) is 6.92 Å². The van der Waals surface area contributed by atoms with Gasteiger partial charge in [-0.3, -0.25) is 9.59 Å². The lowest BCUT2D eigenvalue weighted by atomic mass is 9.98. The molecular formula is C18H22FNO4S. The summed E-state index contributed by atoms with van der Waals surface area (Å²) in [5, 5.41) is 2.79. The Morgan fingerprint density at radius 2 is 1.96 bits per heavy atom. The summed E-state index contributed by atoms with van der Waals surface area (Å²) in [6.07, 6.45) is 2.83. The zero-order chi connectivity index (χ0) is 18.4. The number of ketones is 1. The highest BCUT2D eigenvalue weighted by molar-refractivity contribution is 8.00. The standard InChI is InChI=1S/C18H22FNO4S/c1-3-24-17(23)18(8-4-5-9-18)20-16(22)11-25-15-7-6-13(12(2)21)10-14(15)19/h6-7,10H,3-5,8-9,11H2,1-2H3,(H,20,22). The maximum Gasteiger partial charge on any atom is 0.331 e. The summed E-state index contributed by atoms with van der Waals surface area (Å²) in [6, 6.07) is 4.18. The van der Waals surface area contributed by atoms with Gasteiger partial charge in [0.15, 0.2) is 5.78 Å². The molecular weight excluding hydrogens is 345 g/mol. The number of thioether (sulfide) groups is 1. The highest BCUT2D eigenvalue weighted by atomic mass is 32.2. The van der Waals surface area contributed by atoms with Gasteiger partial charge in [-0.05, 0) is 38.8 Å². The summed E-state index contributed by atoms with van der Waals surface area (Å²) in [5.74, 6) is -1.51. The van der Waals surface area contributed by atoms with E-state index in [4.69, 9.17) is 4.74 Å². The van der Waals surface area contributed by atoms with Gasteiger partial charge in [0.25, 0.3) is 0 Å². The summed E-state index contributed by atoms with van der Waals surface area (Å²) in [7, 11) is 0. The van der Waals surface area contributed by atoms with Crippen molar-refractivity contribution in [2.24, 2.45) is 0 Å². The van der Waals surface area contributed by atoms with Crippen molar-refractivity contribution in [3.63, 3.8) is 0 Å². The molecule has 0 heterocycles. The lowest BCUT2D eigenvalue weighted by Crippen LogP contribution is -2.53. The van der Waals surface area contributed by atoms with Gasteiger partial charge < -0.3 is 10.1 Å². The first-order valence-electron chi connectivity index (χ1n) is 8.29. The molecule has 1 aliphatic rings. The number of esters is 1. The van der Waals surface area contributed by atoms with Crippen LogP contribution in [0.4, 0.5) is 4.39 Å². The first-order chi connectivity index (χ1) is 11.9. The van der Waals surface area contributed by atoms with E-state index in [2.05, 4.69) is 5.32 Å². The molecule has 0 bridgehead atoms. The Morgan fingerprint density at radius 3 is 2.52 bits per heavy atom. The second kappa shape index (κ2) is 8.47. The van der Waals surface area contributed by atoms with Gasteiger partial charge in [-0.1, -0.05) is 18.9 Å². The summed E-state index contributed by atoms with van der Waals surface area (Å²) in [5.41, 5.74) is -0.663. The van der Waals surface area contributed by atoms with Gasteiger partial charge in [0.1, 0.15) is 11.4 Å². The molecule has 1 amide bonds.